The van der Waals surface area contributed by atoms with Crippen LogP contribution in [0.2, 0.25) is 10.0 Å². The second-order valence-corrected chi connectivity index (χ2v) is 7.97. The van der Waals surface area contributed by atoms with Crippen molar-refractivity contribution in [3.63, 3.8) is 0 Å². The van der Waals surface area contributed by atoms with E-state index in [4.69, 9.17) is 32.7 Å². The summed E-state index contributed by atoms with van der Waals surface area (Å²) in [6.45, 7) is 0.191. The molecule has 0 aromatic heterocycles. The zero-order valence-corrected chi connectivity index (χ0v) is 19.2. The summed E-state index contributed by atoms with van der Waals surface area (Å²) < 4.78 is 11.3. The number of ether oxygens (including phenoxy) is 2. The van der Waals surface area contributed by atoms with Crippen LogP contribution in [0.5, 0.6) is 11.5 Å². The van der Waals surface area contributed by atoms with Crippen molar-refractivity contribution in [2.75, 3.05) is 7.11 Å². The van der Waals surface area contributed by atoms with Crippen LogP contribution in [0.3, 0.4) is 0 Å². The van der Waals surface area contributed by atoms with Gasteiger partial charge in [-0.05, 0) is 41.1 Å². The minimum Gasteiger partial charge on any atom is -0.496 e. The van der Waals surface area contributed by atoms with Crippen molar-refractivity contribution in [1.82, 2.24) is 5.43 Å². The summed E-state index contributed by atoms with van der Waals surface area (Å²) >= 11 is 12.2. The highest BCUT2D eigenvalue weighted by Gasteiger charge is 2.13. The predicted molar refractivity (Wildman–Crippen MR) is 133 cm³/mol. The van der Waals surface area contributed by atoms with Crippen molar-refractivity contribution in [3.8, 4) is 11.5 Å². The number of carbonyl (C=O) groups is 1. The Labute approximate surface area is 201 Å². The number of nitrogens with one attached hydrogen (secondary N) is 1. The van der Waals surface area contributed by atoms with E-state index < -0.39 is 5.91 Å². The molecule has 166 valence electrons. The van der Waals surface area contributed by atoms with Crippen LogP contribution in [0.25, 0.3) is 10.8 Å². The van der Waals surface area contributed by atoms with Crippen LogP contribution in [0.4, 0.5) is 0 Å². The molecule has 0 fully saturated rings. The standard InChI is InChI=1S/C26H20Cl2N2O3/c1-32-24-13-11-17-6-2-3-7-20(17)22(24)15-29-30-26(31)21-8-4-5-9-25(21)33-16-18-10-12-19(27)14-23(18)28/h2-15H,16H2,1H3,(H,30,31)/b29-15-. The molecule has 0 spiro atoms. The van der Waals surface area contributed by atoms with Crippen LogP contribution >= 0.6 is 23.2 Å². The van der Waals surface area contributed by atoms with Gasteiger partial charge in [0.25, 0.3) is 5.91 Å². The largest absolute Gasteiger partial charge is 0.496 e. The molecule has 0 unspecified atom stereocenters. The van der Waals surface area contributed by atoms with E-state index in [0.29, 0.717) is 27.1 Å². The van der Waals surface area contributed by atoms with E-state index in [9.17, 15) is 4.79 Å². The fourth-order valence-corrected chi connectivity index (χ4v) is 3.84. The van der Waals surface area contributed by atoms with Crippen molar-refractivity contribution in [2.24, 2.45) is 5.10 Å². The molecule has 0 aliphatic rings. The monoisotopic (exact) mass is 478 g/mol. The number of nitrogens with zero attached hydrogens (tertiary/aromatic N) is 1. The highest BCUT2D eigenvalue weighted by Crippen LogP contribution is 2.27. The molecule has 0 radical (unpaired) electrons. The number of hydrazone groups is 1. The fraction of sp³-hybridized carbons (Fsp3) is 0.0769. The van der Waals surface area contributed by atoms with E-state index >= 15 is 0 Å². The lowest BCUT2D eigenvalue weighted by molar-refractivity contribution is 0.0950. The van der Waals surface area contributed by atoms with Gasteiger partial charge in [0.15, 0.2) is 0 Å². The van der Waals surface area contributed by atoms with Crippen LogP contribution in [-0.4, -0.2) is 19.2 Å². The van der Waals surface area contributed by atoms with Gasteiger partial charge in [-0.15, -0.1) is 0 Å². The first-order valence-electron chi connectivity index (χ1n) is 10.1. The van der Waals surface area contributed by atoms with Crippen LogP contribution in [0.1, 0.15) is 21.5 Å². The van der Waals surface area contributed by atoms with E-state index in [1.807, 2.05) is 36.4 Å². The zero-order valence-electron chi connectivity index (χ0n) is 17.7. The van der Waals surface area contributed by atoms with Crippen LogP contribution < -0.4 is 14.9 Å². The molecule has 0 aliphatic heterocycles. The lowest BCUT2D eigenvalue weighted by Gasteiger charge is -2.12. The third-order valence-corrected chi connectivity index (χ3v) is 5.63. The molecule has 5 nitrogen and oxygen atoms in total. The molecule has 4 aromatic carbocycles. The van der Waals surface area contributed by atoms with Gasteiger partial charge in [0.1, 0.15) is 18.1 Å². The van der Waals surface area contributed by atoms with Gasteiger partial charge in [-0.1, -0.05) is 71.7 Å². The molecule has 0 saturated carbocycles. The first kappa shape index (κ1) is 22.6. The average Bonchev–Trinajstić information content (AvgIpc) is 2.83. The molecule has 7 heteroatoms. The van der Waals surface area contributed by atoms with E-state index in [1.54, 1.807) is 55.8 Å². The summed E-state index contributed by atoms with van der Waals surface area (Å²) in [5.74, 6) is 0.678. The third-order valence-electron chi connectivity index (χ3n) is 5.04. The fourth-order valence-electron chi connectivity index (χ4n) is 3.38. The smallest absolute Gasteiger partial charge is 0.275 e. The Kier molecular flexibility index (Phi) is 7.13. The average molecular weight is 479 g/mol. The number of methoxy groups -OCH3 is 1. The SMILES string of the molecule is COc1ccc2ccccc2c1/C=N\NC(=O)c1ccccc1OCc1ccc(Cl)cc1Cl. The van der Waals surface area contributed by atoms with Crippen LogP contribution in [0.15, 0.2) is 84.0 Å². The summed E-state index contributed by atoms with van der Waals surface area (Å²) in [6.07, 6.45) is 1.58. The Morgan fingerprint density at radius 1 is 0.970 bits per heavy atom. The van der Waals surface area contributed by atoms with Crippen molar-refractivity contribution in [1.29, 1.82) is 0 Å². The van der Waals surface area contributed by atoms with Gasteiger partial charge in [-0.2, -0.15) is 5.10 Å². The minimum absolute atomic E-state index is 0.191. The van der Waals surface area contributed by atoms with Gasteiger partial charge in [-0.3, -0.25) is 4.79 Å². The van der Waals surface area contributed by atoms with Crippen LogP contribution in [0, 0.1) is 0 Å². The molecule has 0 atom stereocenters. The van der Waals surface area contributed by atoms with Crippen LogP contribution in [-0.2, 0) is 6.61 Å². The quantitative estimate of drug-likeness (QED) is 0.243. The summed E-state index contributed by atoms with van der Waals surface area (Å²) in [5, 5.41) is 7.23. The second kappa shape index (κ2) is 10.4. The number of rotatable bonds is 7. The Morgan fingerprint density at radius 3 is 2.58 bits per heavy atom. The van der Waals surface area contributed by atoms with Crippen molar-refractivity contribution >= 4 is 46.1 Å². The molecule has 4 aromatic rings. The molecule has 1 amide bonds. The van der Waals surface area contributed by atoms with E-state index in [0.717, 1.165) is 21.9 Å². The topological polar surface area (TPSA) is 59.9 Å². The summed E-state index contributed by atoms with van der Waals surface area (Å²) in [4.78, 5) is 12.8. The second-order valence-electron chi connectivity index (χ2n) is 7.12. The maximum atomic E-state index is 12.8. The molecule has 4 rings (SSSR count). The molecule has 0 saturated heterocycles. The maximum absolute atomic E-state index is 12.8. The zero-order chi connectivity index (χ0) is 23.2. The Balaban J connectivity index is 1.51. The van der Waals surface area contributed by atoms with Gasteiger partial charge < -0.3 is 9.47 Å². The summed E-state index contributed by atoms with van der Waals surface area (Å²) in [6, 6.07) is 23.8. The first-order valence-corrected chi connectivity index (χ1v) is 10.9. The molecule has 0 heterocycles. The lowest BCUT2D eigenvalue weighted by atomic mass is 10.0. The van der Waals surface area contributed by atoms with E-state index in [1.165, 1.54) is 0 Å². The molecular formula is C26H20Cl2N2O3. The molecule has 33 heavy (non-hydrogen) atoms. The summed E-state index contributed by atoms with van der Waals surface area (Å²) in [5.41, 5.74) is 4.46. The number of halogens is 2. The highest BCUT2D eigenvalue weighted by atomic mass is 35.5. The van der Waals surface area contributed by atoms with Gasteiger partial charge >= 0.3 is 0 Å². The number of amides is 1. The third kappa shape index (κ3) is 5.28. The summed E-state index contributed by atoms with van der Waals surface area (Å²) in [7, 11) is 1.60. The number of carbonyl (C=O) groups excluding carboxylic acids is 1. The lowest BCUT2D eigenvalue weighted by Crippen LogP contribution is -2.18. The van der Waals surface area contributed by atoms with Crippen molar-refractivity contribution in [3.05, 3.63) is 106 Å². The number of benzene rings is 4. The highest BCUT2D eigenvalue weighted by molar-refractivity contribution is 6.35. The number of fused-ring (bicyclic) bond motifs is 1. The van der Waals surface area contributed by atoms with Gasteiger partial charge in [0.05, 0.1) is 18.9 Å². The first-order chi connectivity index (χ1) is 16.1. The minimum atomic E-state index is -0.400. The molecular weight excluding hydrogens is 459 g/mol. The Morgan fingerprint density at radius 2 is 1.76 bits per heavy atom. The number of hydrogen-bond donors (Lipinski definition) is 1. The van der Waals surface area contributed by atoms with Crippen molar-refractivity contribution in [2.45, 2.75) is 6.61 Å². The van der Waals surface area contributed by atoms with Gasteiger partial charge in [-0.25, -0.2) is 5.43 Å². The Hall–Kier alpha value is -3.54. The Bertz CT molecular complexity index is 1340. The molecule has 0 bridgehead atoms. The number of hydrogen-bond acceptors (Lipinski definition) is 4. The van der Waals surface area contributed by atoms with Gasteiger partial charge in [0, 0.05) is 21.2 Å². The predicted octanol–water partition coefficient (Wildman–Crippen LogP) is 6.50. The van der Waals surface area contributed by atoms with Crippen molar-refractivity contribution < 1.29 is 14.3 Å². The normalized spacial score (nSPS) is 11.0. The maximum Gasteiger partial charge on any atom is 0.275 e. The molecule has 1 N–H and O–H groups in total. The molecule has 0 aliphatic carbocycles. The van der Waals surface area contributed by atoms with E-state index in [-0.39, 0.29) is 6.61 Å². The van der Waals surface area contributed by atoms with Gasteiger partial charge in [0.2, 0.25) is 0 Å². The number of para-hydroxylation sites is 1. The van der Waals surface area contributed by atoms with E-state index in [2.05, 4.69) is 10.5 Å².